The lowest BCUT2D eigenvalue weighted by Crippen LogP contribution is -2.37. The number of rotatable bonds is 11. The summed E-state index contributed by atoms with van der Waals surface area (Å²) in [5, 5.41) is 0. The molecule has 2 N–H and O–H groups in total. The normalized spacial score (nSPS) is 15.9. The predicted molar refractivity (Wildman–Crippen MR) is 117 cm³/mol. The van der Waals surface area contributed by atoms with Crippen molar-refractivity contribution in [3.05, 3.63) is 36.3 Å². The summed E-state index contributed by atoms with van der Waals surface area (Å²) in [7, 11) is 0. The monoisotopic (exact) mass is 496 g/mol. The van der Waals surface area contributed by atoms with Gasteiger partial charge < -0.3 is 20.1 Å². The minimum Gasteiger partial charge on any atom is -0.402 e. The van der Waals surface area contributed by atoms with Gasteiger partial charge in [-0.25, -0.2) is 4.98 Å². The van der Waals surface area contributed by atoms with Gasteiger partial charge in [0.15, 0.2) is 11.6 Å². The Morgan fingerprint density at radius 1 is 1.26 bits per heavy atom. The number of hydrogen-bond donors (Lipinski definition) is 1. The van der Waals surface area contributed by atoms with Crippen LogP contribution < -0.4 is 10.5 Å². The van der Waals surface area contributed by atoms with Gasteiger partial charge in [0.2, 0.25) is 0 Å². The number of aromatic nitrogens is 1. The molecule has 192 valence electrons. The molecule has 12 heteroatoms. The minimum absolute atomic E-state index is 0.154. The molecule has 2 heterocycles. The average Bonchev–Trinajstić information content (AvgIpc) is 2.72. The highest BCUT2D eigenvalue weighted by atomic mass is 19.4. The van der Waals surface area contributed by atoms with Gasteiger partial charge in [-0.2, -0.15) is 13.2 Å². The molecule has 0 spiro atoms. The standard InChI is InChI=1S/C22H30F6N4O2/c1-3-5-17(18-12-19(20(29)30-14-18)34-22(26,27)28)15-32(16(2)13-21(23,24)25)7-4-6-31-8-10-33-11-9-31/h12,14-15H,2-11,13H2,1H3,(H2,29,30)/b17-15+. The smallest absolute Gasteiger partial charge is 0.402 e. The molecule has 34 heavy (non-hydrogen) atoms. The first-order chi connectivity index (χ1) is 15.9. The zero-order valence-electron chi connectivity index (χ0n) is 19.0. The van der Waals surface area contributed by atoms with E-state index in [0.29, 0.717) is 44.6 Å². The maximum absolute atomic E-state index is 13.1. The number of halogens is 6. The fourth-order valence-electron chi connectivity index (χ4n) is 3.51. The summed E-state index contributed by atoms with van der Waals surface area (Å²) in [6.07, 6.45) is -6.29. The van der Waals surface area contributed by atoms with Crippen molar-refractivity contribution < 1.29 is 35.8 Å². The van der Waals surface area contributed by atoms with Gasteiger partial charge in [0.25, 0.3) is 0 Å². The Balaban J connectivity index is 2.29. The third kappa shape index (κ3) is 9.80. The molecule has 6 nitrogen and oxygen atoms in total. The van der Waals surface area contributed by atoms with Crippen LogP contribution in [-0.4, -0.2) is 66.7 Å². The Morgan fingerprint density at radius 2 is 1.94 bits per heavy atom. The molecule has 0 bridgehead atoms. The molecule has 0 radical (unpaired) electrons. The van der Waals surface area contributed by atoms with E-state index in [1.165, 1.54) is 17.3 Å². The lowest BCUT2D eigenvalue weighted by Gasteiger charge is -2.29. The second kappa shape index (κ2) is 12.3. The van der Waals surface area contributed by atoms with Crippen molar-refractivity contribution in [1.82, 2.24) is 14.8 Å². The maximum atomic E-state index is 13.1. The molecule has 1 aliphatic heterocycles. The summed E-state index contributed by atoms with van der Waals surface area (Å²) in [6, 6.07) is 1.09. The van der Waals surface area contributed by atoms with E-state index in [-0.39, 0.29) is 17.8 Å². The van der Waals surface area contributed by atoms with Crippen LogP contribution in [0.15, 0.2) is 30.7 Å². The van der Waals surface area contributed by atoms with E-state index in [2.05, 4.69) is 21.2 Å². The Kier molecular flexibility index (Phi) is 10.0. The number of anilines is 1. The van der Waals surface area contributed by atoms with Crippen LogP contribution in [-0.2, 0) is 4.74 Å². The highest BCUT2D eigenvalue weighted by Crippen LogP contribution is 2.32. The topological polar surface area (TPSA) is 63.9 Å². The summed E-state index contributed by atoms with van der Waals surface area (Å²) >= 11 is 0. The summed E-state index contributed by atoms with van der Waals surface area (Å²) in [5.74, 6) is -1.11. The second-order valence-corrected chi connectivity index (χ2v) is 7.92. The summed E-state index contributed by atoms with van der Waals surface area (Å²) in [4.78, 5) is 7.35. The molecule has 1 aromatic heterocycles. The quantitative estimate of drug-likeness (QED) is 0.426. The average molecular weight is 496 g/mol. The predicted octanol–water partition coefficient (Wildman–Crippen LogP) is 5.19. The van der Waals surface area contributed by atoms with E-state index in [0.717, 1.165) is 19.2 Å². The highest BCUT2D eigenvalue weighted by Gasteiger charge is 2.33. The first-order valence-corrected chi connectivity index (χ1v) is 10.9. The Morgan fingerprint density at radius 3 is 2.53 bits per heavy atom. The van der Waals surface area contributed by atoms with E-state index in [1.807, 2.05) is 6.92 Å². The molecule has 0 amide bonds. The van der Waals surface area contributed by atoms with Crippen molar-refractivity contribution >= 4 is 11.4 Å². The van der Waals surface area contributed by atoms with Gasteiger partial charge >= 0.3 is 12.5 Å². The van der Waals surface area contributed by atoms with Crippen LogP contribution in [0, 0.1) is 0 Å². The van der Waals surface area contributed by atoms with E-state index in [9.17, 15) is 26.3 Å². The van der Waals surface area contributed by atoms with Crippen LogP contribution in [0.4, 0.5) is 32.2 Å². The number of nitrogen functional groups attached to an aromatic ring is 1. The van der Waals surface area contributed by atoms with E-state index in [4.69, 9.17) is 10.5 Å². The molecule has 1 fully saturated rings. The number of ether oxygens (including phenoxy) is 2. The van der Waals surface area contributed by atoms with Crippen LogP contribution in [0.1, 0.15) is 38.2 Å². The Bertz CT molecular complexity index is 836. The summed E-state index contributed by atoms with van der Waals surface area (Å²) in [6.45, 7) is 9.10. The van der Waals surface area contributed by atoms with Crippen LogP contribution >= 0.6 is 0 Å². The largest absolute Gasteiger partial charge is 0.573 e. The fourth-order valence-corrected chi connectivity index (χ4v) is 3.51. The first kappa shape index (κ1) is 27.8. The summed E-state index contributed by atoms with van der Waals surface area (Å²) in [5.41, 5.74) is 6.12. The molecule has 1 saturated heterocycles. The molecular weight excluding hydrogens is 466 g/mol. The zero-order chi connectivity index (χ0) is 25.4. The van der Waals surface area contributed by atoms with Crippen LogP contribution in [0.3, 0.4) is 0 Å². The molecule has 0 unspecified atom stereocenters. The molecule has 2 rings (SSSR count). The van der Waals surface area contributed by atoms with Crippen molar-refractivity contribution in [2.45, 2.75) is 45.1 Å². The summed E-state index contributed by atoms with van der Waals surface area (Å²) < 4.78 is 86.6. The number of morpholine rings is 1. The number of hydrogen-bond acceptors (Lipinski definition) is 6. The highest BCUT2D eigenvalue weighted by molar-refractivity contribution is 5.68. The zero-order valence-corrected chi connectivity index (χ0v) is 19.0. The van der Waals surface area contributed by atoms with Gasteiger partial charge in [-0.1, -0.05) is 19.9 Å². The number of pyridine rings is 1. The maximum Gasteiger partial charge on any atom is 0.573 e. The molecular formula is C22H30F6N4O2. The SMILES string of the molecule is C=C(CC(F)(F)F)N(/C=C(\CCC)c1cnc(N)c(OC(F)(F)F)c1)CCCN1CCOCC1. The molecule has 0 aromatic carbocycles. The van der Waals surface area contributed by atoms with Gasteiger partial charge in [0.1, 0.15) is 0 Å². The Hall–Kier alpha value is -2.47. The lowest BCUT2D eigenvalue weighted by molar-refractivity contribution is -0.274. The van der Waals surface area contributed by atoms with Crippen molar-refractivity contribution in [2.75, 3.05) is 45.1 Å². The van der Waals surface area contributed by atoms with Crippen molar-refractivity contribution in [3.8, 4) is 5.75 Å². The number of alkyl halides is 6. The number of nitrogens with zero attached hydrogens (tertiary/aromatic N) is 3. The Labute approximate surface area is 195 Å². The van der Waals surface area contributed by atoms with Crippen molar-refractivity contribution in [1.29, 1.82) is 0 Å². The third-order valence-electron chi connectivity index (χ3n) is 5.10. The van der Waals surface area contributed by atoms with Gasteiger partial charge in [0.05, 0.1) is 19.6 Å². The van der Waals surface area contributed by atoms with Gasteiger partial charge in [-0.3, -0.25) is 4.90 Å². The van der Waals surface area contributed by atoms with Crippen molar-refractivity contribution in [2.24, 2.45) is 0 Å². The van der Waals surface area contributed by atoms with Gasteiger partial charge in [0, 0.05) is 49.8 Å². The fraction of sp³-hybridized carbons (Fsp3) is 0.591. The number of allylic oxidation sites excluding steroid dienone is 2. The minimum atomic E-state index is -4.96. The van der Waals surface area contributed by atoms with Crippen molar-refractivity contribution in [3.63, 3.8) is 0 Å². The first-order valence-electron chi connectivity index (χ1n) is 10.9. The molecule has 1 aliphatic rings. The molecule has 0 aliphatic carbocycles. The van der Waals surface area contributed by atoms with Crippen LogP contribution in [0.2, 0.25) is 0 Å². The van der Waals surface area contributed by atoms with Gasteiger partial charge in [-0.05, 0) is 24.5 Å². The van der Waals surface area contributed by atoms with E-state index < -0.39 is 30.5 Å². The van der Waals surface area contributed by atoms with E-state index >= 15 is 0 Å². The third-order valence-corrected chi connectivity index (χ3v) is 5.10. The van der Waals surface area contributed by atoms with Crippen LogP contribution in [0.5, 0.6) is 5.75 Å². The van der Waals surface area contributed by atoms with Gasteiger partial charge in [-0.15, -0.1) is 13.2 Å². The molecule has 0 saturated carbocycles. The molecule has 0 atom stereocenters. The molecule has 1 aromatic rings. The number of nitrogens with two attached hydrogens (primary N) is 1. The lowest BCUT2D eigenvalue weighted by atomic mass is 10.0. The van der Waals surface area contributed by atoms with E-state index in [1.54, 1.807) is 0 Å². The second-order valence-electron chi connectivity index (χ2n) is 7.92. The van der Waals surface area contributed by atoms with Crippen LogP contribution in [0.25, 0.3) is 5.57 Å².